The average molecular weight is 279 g/mol. The number of rotatable bonds is 1. The molecule has 3 rings (SSSR count). The summed E-state index contributed by atoms with van der Waals surface area (Å²) < 4.78 is 26.4. The molecule has 0 bridgehead atoms. The standard InChI is InChI=1S/C14H17NO3S/c1-14(9-5-2-6-10-14)15-13(16)11-7-3-4-8-12(11)19(15,17)18/h3-4,7-8H,2,5-6,9-10H2,1H3. The zero-order valence-corrected chi connectivity index (χ0v) is 11.7. The Morgan fingerprint density at radius 3 is 2.37 bits per heavy atom. The highest BCUT2D eigenvalue weighted by Gasteiger charge is 2.50. The van der Waals surface area contributed by atoms with Crippen molar-refractivity contribution in [2.45, 2.75) is 49.5 Å². The molecule has 0 atom stereocenters. The van der Waals surface area contributed by atoms with E-state index in [2.05, 4.69) is 0 Å². The molecule has 0 spiro atoms. The van der Waals surface area contributed by atoms with E-state index in [0.29, 0.717) is 5.56 Å². The average Bonchev–Trinajstić information content (AvgIpc) is 2.59. The summed E-state index contributed by atoms with van der Waals surface area (Å²) in [5, 5.41) is 0. The molecule has 1 saturated carbocycles. The highest BCUT2D eigenvalue weighted by molar-refractivity contribution is 7.90. The third-order valence-electron chi connectivity index (χ3n) is 4.24. The molecule has 5 heteroatoms. The van der Waals surface area contributed by atoms with Gasteiger partial charge in [0.05, 0.1) is 11.1 Å². The maximum atomic E-state index is 12.6. The summed E-state index contributed by atoms with van der Waals surface area (Å²) in [6.07, 6.45) is 4.58. The van der Waals surface area contributed by atoms with Crippen LogP contribution in [0.5, 0.6) is 0 Å². The number of carbonyl (C=O) groups excluding carboxylic acids is 1. The van der Waals surface area contributed by atoms with Gasteiger partial charge in [-0.3, -0.25) is 4.79 Å². The van der Waals surface area contributed by atoms with Crippen molar-refractivity contribution in [1.82, 2.24) is 4.31 Å². The van der Waals surface area contributed by atoms with Gasteiger partial charge in [-0.1, -0.05) is 31.4 Å². The van der Waals surface area contributed by atoms with Crippen LogP contribution >= 0.6 is 0 Å². The first kappa shape index (κ1) is 12.7. The molecule has 1 amide bonds. The molecule has 0 aromatic heterocycles. The van der Waals surface area contributed by atoms with E-state index < -0.39 is 15.6 Å². The molecule has 19 heavy (non-hydrogen) atoms. The number of nitrogens with zero attached hydrogens (tertiary/aromatic N) is 1. The molecule has 102 valence electrons. The number of carbonyl (C=O) groups is 1. The maximum Gasteiger partial charge on any atom is 0.269 e. The summed E-state index contributed by atoms with van der Waals surface area (Å²) in [4.78, 5) is 12.6. The lowest BCUT2D eigenvalue weighted by Crippen LogP contribution is -2.50. The van der Waals surface area contributed by atoms with Crippen LogP contribution in [0.2, 0.25) is 0 Å². The van der Waals surface area contributed by atoms with Crippen LogP contribution in [-0.2, 0) is 10.0 Å². The third-order valence-corrected chi connectivity index (χ3v) is 6.24. The number of benzene rings is 1. The second-order valence-corrected chi connectivity index (χ2v) is 7.38. The van der Waals surface area contributed by atoms with Crippen LogP contribution < -0.4 is 0 Å². The van der Waals surface area contributed by atoms with Crippen LogP contribution in [0.4, 0.5) is 0 Å². The minimum Gasteiger partial charge on any atom is -0.268 e. The highest BCUT2D eigenvalue weighted by atomic mass is 32.2. The van der Waals surface area contributed by atoms with Crippen molar-refractivity contribution in [3.63, 3.8) is 0 Å². The SMILES string of the molecule is CC1(N2C(=O)c3ccccc3S2(=O)=O)CCCCC1. The Balaban J connectivity index is 2.13. The Morgan fingerprint density at radius 1 is 1.11 bits per heavy atom. The number of sulfonamides is 1. The Kier molecular flexibility index (Phi) is 2.71. The predicted octanol–water partition coefficient (Wildman–Crippen LogP) is 2.55. The van der Waals surface area contributed by atoms with Gasteiger partial charge in [-0.2, -0.15) is 0 Å². The lowest BCUT2D eigenvalue weighted by molar-refractivity contribution is 0.0691. The largest absolute Gasteiger partial charge is 0.269 e. The summed E-state index contributed by atoms with van der Waals surface area (Å²) in [6, 6.07) is 6.49. The summed E-state index contributed by atoms with van der Waals surface area (Å²) in [6.45, 7) is 1.90. The minimum atomic E-state index is -3.67. The van der Waals surface area contributed by atoms with E-state index >= 15 is 0 Å². The van der Waals surface area contributed by atoms with Crippen molar-refractivity contribution < 1.29 is 13.2 Å². The molecule has 2 aliphatic rings. The zero-order chi connectivity index (χ0) is 13.7. The van der Waals surface area contributed by atoms with Gasteiger partial charge in [0, 0.05) is 0 Å². The maximum absolute atomic E-state index is 12.6. The van der Waals surface area contributed by atoms with Gasteiger partial charge in [0.2, 0.25) is 0 Å². The molecule has 4 nitrogen and oxygen atoms in total. The Morgan fingerprint density at radius 2 is 1.74 bits per heavy atom. The molecule has 1 aromatic rings. The Hall–Kier alpha value is -1.36. The summed E-state index contributed by atoms with van der Waals surface area (Å²) in [7, 11) is -3.67. The van der Waals surface area contributed by atoms with Crippen molar-refractivity contribution >= 4 is 15.9 Å². The van der Waals surface area contributed by atoms with Crippen LogP contribution in [0.25, 0.3) is 0 Å². The fourth-order valence-electron chi connectivity index (χ4n) is 3.24. The van der Waals surface area contributed by atoms with Gasteiger partial charge in [-0.05, 0) is 31.9 Å². The van der Waals surface area contributed by atoms with Crippen molar-refractivity contribution in [3.05, 3.63) is 29.8 Å². The van der Waals surface area contributed by atoms with Gasteiger partial charge in [-0.15, -0.1) is 0 Å². The smallest absolute Gasteiger partial charge is 0.268 e. The monoisotopic (exact) mass is 279 g/mol. The molecular formula is C14H17NO3S. The first-order valence-electron chi connectivity index (χ1n) is 6.66. The van der Waals surface area contributed by atoms with E-state index in [-0.39, 0.29) is 10.8 Å². The second-order valence-electron chi connectivity index (χ2n) is 5.63. The summed E-state index contributed by atoms with van der Waals surface area (Å²) in [5.41, 5.74) is -0.248. The van der Waals surface area contributed by atoms with Crippen LogP contribution in [0, 0.1) is 0 Å². The van der Waals surface area contributed by atoms with Crippen molar-refractivity contribution in [2.24, 2.45) is 0 Å². The van der Waals surface area contributed by atoms with Crippen LogP contribution in [-0.4, -0.2) is 24.2 Å². The van der Waals surface area contributed by atoms with Crippen molar-refractivity contribution in [1.29, 1.82) is 0 Å². The summed E-state index contributed by atoms with van der Waals surface area (Å²) in [5.74, 6) is -0.361. The number of hydrogen-bond donors (Lipinski definition) is 0. The Labute approximate surface area is 113 Å². The fourth-order valence-corrected chi connectivity index (χ4v) is 5.20. The number of hydrogen-bond acceptors (Lipinski definition) is 3. The van der Waals surface area contributed by atoms with Crippen molar-refractivity contribution in [3.8, 4) is 0 Å². The summed E-state index contributed by atoms with van der Waals surface area (Å²) >= 11 is 0. The topological polar surface area (TPSA) is 54.5 Å². The van der Waals surface area contributed by atoms with E-state index in [1.165, 1.54) is 6.07 Å². The molecule has 0 radical (unpaired) electrons. The van der Waals surface area contributed by atoms with E-state index in [1.807, 2.05) is 6.92 Å². The van der Waals surface area contributed by atoms with E-state index in [4.69, 9.17) is 0 Å². The van der Waals surface area contributed by atoms with E-state index in [0.717, 1.165) is 36.4 Å². The van der Waals surface area contributed by atoms with Gasteiger partial charge in [-0.25, -0.2) is 12.7 Å². The molecule has 1 heterocycles. The molecule has 0 N–H and O–H groups in total. The fraction of sp³-hybridized carbons (Fsp3) is 0.500. The second kappa shape index (κ2) is 4.07. The van der Waals surface area contributed by atoms with Crippen molar-refractivity contribution in [2.75, 3.05) is 0 Å². The highest BCUT2D eigenvalue weighted by Crippen LogP contribution is 2.42. The Bertz CT molecular complexity index is 630. The minimum absolute atomic E-state index is 0.159. The normalized spacial score (nSPS) is 24.3. The van der Waals surface area contributed by atoms with Crippen LogP contribution in [0.15, 0.2) is 29.2 Å². The molecule has 1 aliphatic heterocycles. The third kappa shape index (κ3) is 1.71. The first-order valence-corrected chi connectivity index (χ1v) is 8.10. The van der Waals surface area contributed by atoms with Gasteiger partial charge < -0.3 is 0 Å². The number of amides is 1. The molecule has 1 aromatic carbocycles. The lowest BCUT2D eigenvalue weighted by Gasteiger charge is -2.40. The van der Waals surface area contributed by atoms with E-state index in [1.54, 1.807) is 18.2 Å². The van der Waals surface area contributed by atoms with Crippen LogP contribution in [0.3, 0.4) is 0 Å². The molecule has 0 unspecified atom stereocenters. The molecular weight excluding hydrogens is 262 g/mol. The predicted molar refractivity (Wildman–Crippen MR) is 71.3 cm³/mol. The van der Waals surface area contributed by atoms with Gasteiger partial charge >= 0.3 is 0 Å². The quantitative estimate of drug-likeness (QED) is 0.794. The lowest BCUT2D eigenvalue weighted by atomic mass is 9.83. The van der Waals surface area contributed by atoms with E-state index in [9.17, 15) is 13.2 Å². The molecule has 1 aliphatic carbocycles. The van der Waals surface area contributed by atoms with Gasteiger partial charge in [0.25, 0.3) is 15.9 Å². The number of fused-ring (bicyclic) bond motifs is 1. The van der Waals surface area contributed by atoms with Crippen LogP contribution in [0.1, 0.15) is 49.4 Å². The zero-order valence-electron chi connectivity index (χ0n) is 10.9. The molecule has 1 fully saturated rings. The van der Waals surface area contributed by atoms with Gasteiger partial charge in [0.15, 0.2) is 0 Å². The molecule has 0 saturated heterocycles. The first-order chi connectivity index (χ1) is 8.97. The van der Waals surface area contributed by atoms with Gasteiger partial charge in [0.1, 0.15) is 4.90 Å².